The van der Waals surface area contributed by atoms with Crippen LogP contribution in [-0.2, 0) is 0 Å². The fourth-order valence-electron chi connectivity index (χ4n) is 4.49. The number of nitrogens with two attached hydrogens (primary N) is 1. The van der Waals surface area contributed by atoms with Crippen LogP contribution >= 0.6 is 11.6 Å². The molecule has 1 aromatic carbocycles. The molecule has 2 aliphatic heterocycles. The van der Waals surface area contributed by atoms with Gasteiger partial charge in [0.05, 0.1) is 41.7 Å². The fourth-order valence-corrected chi connectivity index (χ4v) is 4.58. The van der Waals surface area contributed by atoms with Crippen LogP contribution in [0.3, 0.4) is 0 Å². The van der Waals surface area contributed by atoms with E-state index in [4.69, 9.17) is 22.1 Å². The number of rotatable bonds is 7. The number of aryl methyl sites for hydroxylation is 2. The maximum atomic E-state index is 14.0. The molecule has 1 amide bonds. The quantitative estimate of drug-likeness (QED) is 0.593. The van der Waals surface area contributed by atoms with Gasteiger partial charge in [0.25, 0.3) is 5.91 Å². The summed E-state index contributed by atoms with van der Waals surface area (Å²) in [6.07, 6.45) is -0.780. The molecular weight excluding hydrogens is 480 g/mol. The van der Waals surface area contributed by atoms with Crippen molar-refractivity contribution in [2.45, 2.75) is 32.5 Å². The molecule has 0 radical (unpaired) electrons. The van der Waals surface area contributed by atoms with Gasteiger partial charge in [0, 0.05) is 36.5 Å². The van der Waals surface area contributed by atoms with Crippen molar-refractivity contribution in [3.8, 4) is 5.75 Å². The molecule has 1 saturated heterocycles. The van der Waals surface area contributed by atoms with Crippen LogP contribution in [0, 0.1) is 19.7 Å². The Morgan fingerprint density at radius 3 is 2.69 bits per heavy atom. The van der Waals surface area contributed by atoms with Gasteiger partial charge < -0.3 is 20.5 Å². The Balaban J connectivity index is 1.51. The first-order chi connectivity index (χ1) is 16.7. The molecule has 0 spiro atoms. The number of carbonyl (C=O) groups is 1. The van der Waals surface area contributed by atoms with E-state index in [-0.39, 0.29) is 62.5 Å². The van der Waals surface area contributed by atoms with Gasteiger partial charge in [-0.05, 0) is 32.4 Å². The van der Waals surface area contributed by atoms with E-state index in [0.29, 0.717) is 40.0 Å². The van der Waals surface area contributed by atoms with Crippen LogP contribution in [0.15, 0.2) is 23.9 Å². The number of nitrogens with zero attached hydrogens (tertiary/aromatic N) is 4. The Hall–Kier alpha value is -2.82. The molecule has 3 heterocycles. The Bertz CT molecular complexity index is 1140. The Kier molecular flexibility index (Phi) is 7.53. The van der Waals surface area contributed by atoms with Crippen molar-refractivity contribution >= 4 is 23.1 Å². The number of aliphatic hydroxyl groups is 1. The van der Waals surface area contributed by atoms with Crippen LogP contribution in [0.1, 0.15) is 34.0 Å². The second-order valence-corrected chi connectivity index (χ2v) is 9.23. The van der Waals surface area contributed by atoms with Gasteiger partial charge in [-0.3, -0.25) is 9.69 Å². The van der Waals surface area contributed by atoms with E-state index in [9.17, 15) is 18.7 Å². The van der Waals surface area contributed by atoms with E-state index in [1.54, 1.807) is 18.7 Å². The number of benzene rings is 1. The van der Waals surface area contributed by atoms with Gasteiger partial charge in [0.15, 0.2) is 5.82 Å². The van der Waals surface area contributed by atoms with E-state index in [1.165, 1.54) is 17.0 Å². The molecule has 35 heavy (non-hydrogen) atoms. The van der Waals surface area contributed by atoms with Gasteiger partial charge >= 0.3 is 0 Å². The summed E-state index contributed by atoms with van der Waals surface area (Å²) in [6.45, 7) is 4.36. The molecule has 0 saturated carbocycles. The largest absolute Gasteiger partial charge is 0.491 e. The molecule has 2 aromatic rings. The minimum atomic E-state index is -1.02. The number of halogens is 3. The van der Waals surface area contributed by atoms with E-state index in [0.717, 1.165) is 6.07 Å². The van der Waals surface area contributed by atoms with Gasteiger partial charge in [0.2, 0.25) is 0 Å². The van der Waals surface area contributed by atoms with E-state index in [2.05, 4.69) is 9.97 Å². The summed E-state index contributed by atoms with van der Waals surface area (Å²) in [5.41, 5.74) is 8.74. The molecule has 188 valence electrons. The van der Waals surface area contributed by atoms with Crippen molar-refractivity contribution in [2.75, 3.05) is 39.4 Å². The first kappa shape index (κ1) is 25.3. The van der Waals surface area contributed by atoms with Gasteiger partial charge in [-0.1, -0.05) is 11.6 Å². The molecule has 11 heteroatoms. The molecule has 2 unspecified atom stereocenters. The second kappa shape index (κ2) is 10.4. The smallest absolute Gasteiger partial charge is 0.258 e. The minimum Gasteiger partial charge on any atom is -0.491 e. The zero-order valence-electron chi connectivity index (χ0n) is 19.6. The van der Waals surface area contributed by atoms with Crippen molar-refractivity contribution in [1.29, 1.82) is 0 Å². The third-order valence-corrected chi connectivity index (χ3v) is 6.85. The summed E-state index contributed by atoms with van der Waals surface area (Å²) < 4.78 is 33.8. The summed E-state index contributed by atoms with van der Waals surface area (Å²) in [7, 11) is 0. The van der Waals surface area contributed by atoms with Crippen LogP contribution in [0.2, 0.25) is 5.02 Å². The van der Waals surface area contributed by atoms with Gasteiger partial charge in [0.1, 0.15) is 24.3 Å². The normalized spacial score (nSPS) is 20.7. The molecule has 2 atom stereocenters. The van der Waals surface area contributed by atoms with Crippen molar-refractivity contribution in [3.63, 3.8) is 0 Å². The highest BCUT2D eigenvalue weighted by molar-refractivity contribution is 6.31. The van der Waals surface area contributed by atoms with Crippen molar-refractivity contribution in [1.82, 2.24) is 19.8 Å². The molecule has 0 bridgehead atoms. The zero-order chi connectivity index (χ0) is 25.3. The van der Waals surface area contributed by atoms with Crippen LogP contribution in [0.4, 0.5) is 8.78 Å². The Morgan fingerprint density at radius 2 is 2.00 bits per heavy atom. The van der Waals surface area contributed by atoms with Crippen molar-refractivity contribution in [2.24, 2.45) is 5.73 Å². The number of aromatic nitrogens is 2. The molecule has 4 rings (SSSR count). The van der Waals surface area contributed by atoms with Crippen LogP contribution in [0.5, 0.6) is 5.75 Å². The molecule has 1 aromatic heterocycles. The number of amides is 1. The highest BCUT2D eigenvalue weighted by Gasteiger charge is 2.33. The molecule has 0 aliphatic carbocycles. The summed E-state index contributed by atoms with van der Waals surface area (Å²) in [4.78, 5) is 25.5. The number of likely N-dealkylation sites (tertiary alicyclic amines) is 1. The molecule has 2 aliphatic rings. The maximum absolute atomic E-state index is 14.0. The molecular formula is C24H28ClF2N5O3. The molecule has 3 N–H and O–H groups in total. The number of ether oxygens (including phenoxy) is 1. The first-order valence-electron chi connectivity index (χ1n) is 11.4. The van der Waals surface area contributed by atoms with Gasteiger partial charge in [-0.15, -0.1) is 0 Å². The summed E-state index contributed by atoms with van der Waals surface area (Å²) in [5.74, 6) is -0.456. The van der Waals surface area contributed by atoms with Crippen LogP contribution < -0.4 is 10.5 Å². The lowest BCUT2D eigenvalue weighted by molar-refractivity contribution is 0.0791. The summed E-state index contributed by atoms with van der Waals surface area (Å²) in [5, 5.41) is 9.70. The SMILES string of the molecule is Cc1nc(C2=C(N)CN(C(=O)c3ccc(F)cc3OCC3CC(F)CN3CCO)C2)nc(C)c1Cl. The number of β-amino-alcohol motifs (C(OH)–C–C–N with tert-alkyl or cyclic N) is 1. The van der Waals surface area contributed by atoms with E-state index >= 15 is 0 Å². The zero-order valence-corrected chi connectivity index (χ0v) is 20.4. The third-order valence-electron chi connectivity index (χ3n) is 6.31. The number of hydrogen-bond donors (Lipinski definition) is 2. The highest BCUT2D eigenvalue weighted by atomic mass is 35.5. The molecule has 8 nitrogen and oxygen atoms in total. The maximum Gasteiger partial charge on any atom is 0.258 e. The first-order valence-corrected chi connectivity index (χ1v) is 11.7. The number of alkyl halides is 1. The van der Waals surface area contributed by atoms with Gasteiger partial charge in [-0.2, -0.15) is 0 Å². The lowest BCUT2D eigenvalue weighted by Gasteiger charge is -2.24. The monoisotopic (exact) mass is 507 g/mol. The number of carbonyl (C=O) groups excluding carboxylic acids is 1. The van der Waals surface area contributed by atoms with E-state index < -0.39 is 12.0 Å². The van der Waals surface area contributed by atoms with Crippen LogP contribution in [0.25, 0.3) is 5.57 Å². The third kappa shape index (κ3) is 5.39. The van der Waals surface area contributed by atoms with Crippen molar-refractivity contribution < 1.29 is 23.4 Å². The average molecular weight is 508 g/mol. The average Bonchev–Trinajstić information content (AvgIpc) is 3.37. The molecule has 1 fully saturated rings. The summed E-state index contributed by atoms with van der Waals surface area (Å²) in [6, 6.07) is 3.42. The summed E-state index contributed by atoms with van der Waals surface area (Å²) >= 11 is 6.18. The Morgan fingerprint density at radius 1 is 1.29 bits per heavy atom. The standard InChI is InChI=1S/C24H28ClF2N5O3/c1-13-22(25)14(2)30-23(29-13)19-10-32(11-20(19)28)24(34)18-4-3-15(26)8-21(18)35-12-17-7-16(27)9-31(17)5-6-33/h3-4,8,16-17,33H,5-7,9-12,28H2,1-2H3. The lowest BCUT2D eigenvalue weighted by Crippen LogP contribution is -2.36. The predicted octanol–water partition coefficient (Wildman–Crippen LogP) is 2.50. The van der Waals surface area contributed by atoms with Crippen molar-refractivity contribution in [3.05, 3.63) is 57.5 Å². The number of aliphatic hydroxyl groups excluding tert-OH is 1. The topological polar surface area (TPSA) is 105 Å². The fraction of sp³-hybridized carbons (Fsp3) is 0.458. The minimum absolute atomic E-state index is 0.0625. The number of hydrogen-bond acceptors (Lipinski definition) is 7. The highest BCUT2D eigenvalue weighted by Crippen LogP contribution is 2.29. The van der Waals surface area contributed by atoms with Gasteiger partial charge in [-0.25, -0.2) is 18.7 Å². The Labute approximate surface area is 207 Å². The second-order valence-electron chi connectivity index (χ2n) is 8.85. The predicted molar refractivity (Wildman–Crippen MR) is 127 cm³/mol. The van der Waals surface area contributed by atoms with Crippen LogP contribution in [-0.4, -0.2) is 82.4 Å². The lowest BCUT2D eigenvalue weighted by atomic mass is 10.1. The van der Waals surface area contributed by atoms with E-state index in [1.807, 2.05) is 0 Å².